The van der Waals surface area contributed by atoms with Gasteiger partial charge in [0.15, 0.2) is 0 Å². The van der Waals surface area contributed by atoms with Gasteiger partial charge in [0.2, 0.25) is 0 Å². The summed E-state index contributed by atoms with van der Waals surface area (Å²) in [7, 11) is 1.87. The Hall–Kier alpha value is -0.700. The van der Waals surface area contributed by atoms with Gasteiger partial charge in [-0.05, 0) is 17.9 Å². The second-order valence-corrected chi connectivity index (χ2v) is 3.40. The minimum Gasteiger partial charge on any atom is -0.373 e. The molecular formula is C8H12N2S. The Morgan fingerprint density at radius 2 is 2.36 bits per heavy atom. The lowest BCUT2D eigenvalue weighted by atomic mass is 10.5. The van der Waals surface area contributed by atoms with Crippen molar-refractivity contribution in [2.24, 2.45) is 0 Å². The van der Waals surface area contributed by atoms with Gasteiger partial charge in [-0.1, -0.05) is 6.92 Å². The van der Waals surface area contributed by atoms with Crippen LogP contribution in [0.4, 0.5) is 5.82 Å². The maximum absolute atomic E-state index is 4.18. The van der Waals surface area contributed by atoms with E-state index < -0.39 is 0 Å². The molecule has 0 amide bonds. The molecule has 0 spiro atoms. The third-order valence-electron chi connectivity index (χ3n) is 1.30. The lowest BCUT2D eigenvalue weighted by Gasteiger charge is -1.99. The van der Waals surface area contributed by atoms with E-state index in [2.05, 4.69) is 23.3 Å². The van der Waals surface area contributed by atoms with Crippen molar-refractivity contribution in [3.8, 4) is 0 Å². The number of rotatable bonds is 3. The summed E-state index contributed by atoms with van der Waals surface area (Å²) in [6.07, 6.45) is 1.89. The van der Waals surface area contributed by atoms with E-state index in [4.69, 9.17) is 0 Å². The fourth-order valence-corrected chi connectivity index (χ4v) is 1.41. The van der Waals surface area contributed by atoms with E-state index in [1.165, 1.54) is 4.90 Å². The van der Waals surface area contributed by atoms with Crippen molar-refractivity contribution < 1.29 is 0 Å². The average molecular weight is 168 g/mol. The minimum absolute atomic E-state index is 0.922. The van der Waals surface area contributed by atoms with E-state index in [1.54, 1.807) is 11.8 Å². The van der Waals surface area contributed by atoms with E-state index in [0.717, 1.165) is 11.6 Å². The number of nitrogens with one attached hydrogen (secondary N) is 1. The second kappa shape index (κ2) is 4.23. The molecule has 0 saturated heterocycles. The standard InChI is InChI=1S/C8H12N2S/c1-3-11-7-4-5-8(9-2)10-6-7/h4-6H,3H2,1-2H3,(H,9,10). The minimum atomic E-state index is 0.922. The smallest absolute Gasteiger partial charge is 0.125 e. The van der Waals surface area contributed by atoms with Crippen LogP contribution < -0.4 is 5.32 Å². The topological polar surface area (TPSA) is 24.9 Å². The first-order valence-corrected chi connectivity index (χ1v) is 4.62. The van der Waals surface area contributed by atoms with Gasteiger partial charge in [-0.3, -0.25) is 0 Å². The molecule has 0 aliphatic rings. The Morgan fingerprint density at radius 1 is 1.55 bits per heavy atom. The third-order valence-corrected chi connectivity index (χ3v) is 2.17. The molecule has 1 heterocycles. The summed E-state index contributed by atoms with van der Waals surface area (Å²) in [5.41, 5.74) is 0. The van der Waals surface area contributed by atoms with Crippen molar-refractivity contribution >= 4 is 17.6 Å². The van der Waals surface area contributed by atoms with Gasteiger partial charge in [-0.25, -0.2) is 4.98 Å². The number of hydrogen-bond donors (Lipinski definition) is 1. The molecule has 0 aromatic carbocycles. The normalized spacial score (nSPS) is 9.64. The Morgan fingerprint density at radius 3 is 2.82 bits per heavy atom. The van der Waals surface area contributed by atoms with Crippen LogP contribution in [-0.2, 0) is 0 Å². The lowest BCUT2D eigenvalue weighted by Crippen LogP contribution is -1.90. The number of hydrogen-bond acceptors (Lipinski definition) is 3. The molecular weight excluding hydrogens is 156 g/mol. The lowest BCUT2D eigenvalue weighted by molar-refractivity contribution is 1.22. The first-order chi connectivity index (χ1) is 5.36. The molecule has 0 bridgehead atoms. The largest absolute Gasteiger partial charge is 0.373 e. The SMILES string of the molecule is CCSc1ccc(NC)nc1. The van der Waals surface area contributed by atoms with Crippen LogP contribution in [0.15, 0.2) is 23.2 Å². The molecule has 1 aromatic heterocycles. The monoisotopic (exact) mass is 168 g/mol. The van der Waals surface area contributed by atoms with Crippen LogP contribution in [0.1, 0.15) is 6.92 Å². The van der Waals surface area contributed by atoms with E-state index >= 15 is 0 Å². The molecule has 0 unspecified atom stereocenters. The molecule has 3 heteroatoms. The molecule has 0 aliphatic carbocycles. The van der Waals surface area contributed by atoms with Crippen molar-refractivity contribution in [3.05, 3.63) is 18.3 Å². The second-order valence-electron chi connectivity index (χ2n) is 2.06. The van der Waals surface area contributed by atoms with Gasteiger partial charge in [0, 0.05) is 18.1 Å². The first-order valence-electron chi connectivity index (χ1n) is 3.63. The molecule has 1 N–H and O–H groups in total. The highest BCUT2D eigenvalue weighted by Gasteiger charge is 1.91. The summed E-state index contributed by atoms with van der Waals surface area (Å²) >= 11 is 1.80. The van der Waals surface area contributed by atoms with Crippen molar-refractivity contribution in [2.75, 3.05) is 18.1 Å². The van der Waals surface area contributed by atoms with Crippen LogP contribution >= 0.6 is 11.8 Å². The van der Waals surface area contributed by atoms with Gasteiger partial charge < -0.3 is 5.32 Å². The zero-order valence-electron chi connectivity index (χ0n) is 6.79. The average Bonchev–Trinajstić information content (AvgIpc) is 2.07. The van der Waals surface area contributed by atoms with Crippen LogP contribution in [-0.4, -0.2) is 17.8 Å². The quantitative estimate of drug-likeness (QED) is 0.701. The molecule has 0 saturated carbocycles. The van der Waals surface area contributed by atoms with Crippen molar-refractivity contribution in [2.45, 2.75) is 11.8 Å². The number of anilines is 1. The summed E-state index contributed by atoms with van der Waals surface area (Å²) < 4.78 is 0. The van der Waals surface area contributed by atoms with Crippen LogP contribution in [0.5, 0.6) is 0 Å². The third kappa shape index (κ3) is 2.42. The highest BCUT2D eigenvalue weighted by Crippen LogP contribution is 2.16. The molecule has 1 rings (SSSR count). The Labute approximate surface area is 71.4 Å². The van der Waals surface area contributed by atoms with Gasteiger partial charge in [0.1, 0.15) is 5.82 Å². The first kappa shape index (κ1) is 8.40. The van der Waals surface area contributed by atoms with Gasteiger partial charge in [-0.15, -0.1) is 11.8 Å². The predicted molar refractivity (Wildman–Crippen MR) is 50.2 cm³/mol. The van der Waals surface area contributed by atoms with Gasteiger partial charge in [0.25, 0.3) is 0 Å². The highest BCUT2D eigenvalue weighted by atomic mass is 32.2. The van der Waals surface area contributed by atoms with Crippen LogP contribution in [0.25, 0.3) is 0 Å². The zero-order valence-corrected chi connectivity index (χ0v) is 7.61. The summed E-state index contributed by atoms with van der Waals surface area (Å²) in [6.45, 7) is 2.14. The summed E-state index contributed by atoms with van der Waals surface area (Å²) in [4.78, 5) is 5.41. The van der Waals surface area contributed by atoms with Gasteiger partial charge in [-0.2, -0.15) is 0 Å². The van der Waals surface area contributed by atoms with Crippen molar-refractivity contribution in [1.29, 1.82) is 0 Å². The van der Waals surface area contributed by atoms with E-state index in [0.29, 0.717) is 0 Å². The molecule has 1 aromatic rings. The van der Waals surface area contributed by atoms with Crippen molar-refractivity contribution in [3.63, 3.8) is 0 Å². The molecule has 0 fully saturated rings. The predicted octanol–water partition coefficient (Wildman–Crippen LogP) is 2.24. The number of thioether (sulfide) groups is 1. The molecule has 11 heavy (non-hydrogen) atoms. The van der Waals surface area contributed by atoms with Crippen LogP contribution in [0.2, 0.25) is 0 Å². The fraction of sp³-hybridized carbons (Fsp3) is 0.375. The maximum Gasteiger partial charge on any atom is 0.125 e. The van der Waals surface area contributed by atoms with Crippen LogP contribution in [0.3, 0.4) is 0 Å². The van der Waals surface area contributed by atoms with E-state index in [9.17, 15) is 0 Å². The highest BCUT2D eigenvalue weighted by molar-refractivity contribution is 7.99. The Kier molecular flexibility index (Phi) is 3.23. The molecule has 60 valence electrons. The Bertz CT molecular complexity index is 208. The number of pyridine rings is 1. The van der Waals surface area contributed by atoms with Crippen LogP contribution in [0, 0.1) is 0 Å². The van der Waals surface area contributed by atoms with Crippen molar-refractivity contribution in [1.82, 2.24) is 4.98 Å². The molecule has 2 nitrogen and oxygen atoms in total. The van der Waals surface area contributed by atoms with E-state index in [1.807, 2.05) is 19.3 Å². The maximum atomic E-state index is 4.18. The molecule has 0 atom stereocenters. The summed E-state index contributed by atoms with van der Waals surface area (Å²) in [5.74, 6) is 2.02. The number of aromatic nitrogens is 1. The molecule has 0 radical (unpaired) electrons. The summed E-state index contributed by atoms with van der Waals surface area (Å²) in [6, 6.07) is 4.06. The number of nitrogens with zero attached hydrogens (tertiary/aromatic N) is 1. The molecule has 0 aliphatic heterocycles. The summed E-state index contributed by atoms with van der Waals surface area (Å²) in [5, 5.41) is 2.98. The fourth-order valence-electron chi connectivity index (χ4n) is 0.780. The zero-order chi connectivity index (χ0) is 8.10. The van der Waals surface area contributed by atoms with Gasteiger partial charge >= 0.3 is 0 Å². The van der Waals surface area contributed by atoms with Gasteiger partial charge in [0.05, 0.1) is 0 Å². The Balaban J connectivity index is 2.66. The van der Waals surface area contributed by atoms with E-state index in [-0.39, 0.29) is 0 Å².